The molecule has 0 bridgehead atoms. The highest BCUT2D eigenvalue weighted by atomic mass is 32.2. The van der Waals surface area contributed by atoms with Crippen LogP contribution in [0.2, 0.25) is 0 Å². The minimum atomic E-state index is -0.627. The van der Waals surface area contributed by atoms with E-state index in [-0.39, 0.29) is 0 Å². The summed E-state index contributed by atoms with van der Waals surface area (Å²) in [6, 6.07) is 0. The first-order valence-corrected chi connectivity index (χ1v) is 4.67. The van der Waals surface area contributed by atoms with Crippen molar-refractivity contribution in [3.8, 4) is 0 Å². The third kappa shape index (κ3) is 1.76. The molecule has 2 unspecified atom stereocenters. The fraction of sp³-hybridized carbons (Fsp3) is 1.00. The zero-order valence-electron chi connectivity index (χ0n) is 5.63. The maximum absolute atomic E-state index is 11.0. The number of hydrogen-bond acceptors (Lipinski definition) is 2. The summed E-state index contributed by atoms with van der Waals surface area (Å²) in [4.78, 5) is 0. The van der Waals surface area contributed by atoms with E-state index in [9.17, 15) is 4.21 Å². The summed E-state index contributed by atoms with van der Waals surface area (Å²) in [6.45, 7) is 3.46. The van der Waals surface area contributed by atoms with Gasteiger partial charge in [-0.3, -0.25) is 4.21 Å². The predicted octanol–water partition coefficient (Wildman–Crippen LogP) is 0.544. The Kier molecular flexibility index (Phi) is 2.66. The molecule has 3 heteroatoms. The molecule has 0 aromatic heterocycles. The maximum Gasteiger partial charge on any atom is 0.0610 e. The average molecular weight is 148 g/mol. The molecule has 1 saturated heterocycles. The summed E-state index contributed by atoms with van der Waals surface area (Å²) in [7, 11) is -0.627. The van der Waals surface area contributed by atoms with Gasteiger partial charge in [0, 0.05) is 23.2 Å². The molecule has 0 aromatic rings. The Hall–Kier alpha value is 0.110. The average Bonchev–Trinajstić information content (AvgIpc) is 2.37. The largest absolute Gasteiger partial charge is 0.380 e. The van der Waals surface area contributed by atoms with Crippen LogP contribution in [-0.4, -0.2) is 28.4 Å². The minimum Gasteiger partial charge on any atom is -0.380 e. The summed E-state index contributed by atoms with van der Waals surface area (Å²) in [6.07, 6.45) is 0.987. The van der Waals surface area contributed by atoms with Crippen LogP contribution in [0.4, 0.5) is 0 Å². The van der Waals surface area contributed by atoms with Gasteiger partial charge in [-0.25, -0.2) is 0 Å². The van der Waals surface area contributed by atoms with Gasteiger partial charge in [-0.1, -0.05) is 6.92 Å². The molecule has 1 heterocycles. The predicted molar refractivity (Wildman–Crippen MR) is 37.9 cm³/mol. The van der Waals surface area contributed by atoms with Crippen LogP contribution in [-0.2, 0) is 15.5 Å². The van der Waals surface area contributed by atoms with Crippen molar-refractivity contribution in [2.45, 2.75) is 18.6 Å². The zero-order valence-corrected chi connectivity index (χ0v) is 6.45. The van der Waals surface area contributed by atoms with Crippen molar-refractivity contribution in [2.75, 3.05) is 19.0 Å². The van der Waals surface area contributed by atoms with Crippen LogP contribution in [0.15, 0.2) is 0 Å². The third-order valence-corrected chi connectivity index (χ3v) is 3.23. The number of hydrogen-bond donors (Lipinski definition) is 0. The molecule has 9 heavy (non-hydrogen) atoms. The molecule has 0 aliphatic carbocycles. The van der Waals surface area contributed by atoms with Gasteiger partial charge in [-0.15, -0.1) is 0 Å². The van der Waals surface area contributed by atoms with Gasteiger partial charge in [-0.2, -0.15) is 0 Å². The molecule has 0 radical (unpaired) electrons. The van der Waals surface area contributed by atoms with Gasteiger partial charge in [-0.05, 0) is 6.42 Å². The molecule has 1 rings (SSSR count). The molecular formula is C6H12O2S. The Labute approximate surface area is 58.0 Å². The summed E-state index contributed by atoms with van der Waals surface area (Å²) in [5.41, 5.74) is 0. The molecule has 0 amide bonds. The van der Waals surface area contributed by atoms with Gasteiger partial charge < -0.3 is 4.74 Å². The lowest BCUT2D eigenvalue weighted by atomic mass is 10.4. The standard InChI is InChI=1S/C6H12O2S/c1-2-9(7)6-3-4-8-5-6/h6H,2-5H2,1H3. The first-order chi connectivity index (χ1) is 4.34. The summed E-state index contributed by atoms with van der Waals surface area (Å²) in [5.74, 6) is 0.772. The van der Waals surface area contributed by atoms with Crippen molar-refractivity contribution in [3.05, 3.63) is 0 Å². The number of rotatable bonds is 2. The van der Waals surface area contributed by atoms with Crippen LogP contribution < -0.4 is 0 Å². The molecular weight excluding hydrogens is 136 g/mol. The lowest BCUT2D eigenvalue weighted by Gasteiger charge is -2.02. The quantitative estimate of drug-likeness (QED) is 0.571. The first-order valence-electron chi connectivity index (χ1n) is 3.29. The Morgan fingerprint density at radius 2 is 2.56 bits per heavy atom. The zero-order chi connectivity index (χ0) is 6.69. The second-order valence-corrected chi connectivity index (χ2v) is 4.16. The van der Waals surface area contributed by atoms with Crippen molar-refractivity contribution in [1.82, 2.24) is 0 Å². The van der Waals surface area contributed by atoms with E-state index in [2.05, 4.69) is 0 Å². The first kappa shape index (κ1) is 7.22. The molecule has 0 aromatic carbocycles. The second kappa shape index (κ2) is 3.32. The van der Waals surface area contributed by atoms with Crippen LogP contribution in [0.5, 0.6) is 0 Å². The molecule has 0 N–H and O–H groups in total. The van der Waals surface area contributed by atoms with Gasteiger partial charge in [0.2, 0.25) is 0 Å². The second-order valence-electron chi connectivity index (χ2n) is 2.16. The van der Waals surface area contributed by atoms with Gasteiger partial charge in [0.25, 0.3) is 0 Å². The van der Waals surface area contributed by atoms with E-state index < -0.39 is 10.8 Å². The van der Waals surface area contributed by atoms with Crippen molar-refractivity contribution in [3.63, 3.8) is 0 Å². The fourth-order valence-electron chi connectivity index (χ4n) is 0.956. The van der Waals surface area contributed by atoms with Crippen LogP contribution in [0.1, 0.15) is 13.3 Å². The van der Waals surface area contributed by atoms with E-state index in [1.807, 2.05) is 6.92 Å². The van der Waals surface area contributed by atoms with Crippen LogP contribution in [0.25, 0.3) is 0 Å². The Balaban J connectivity index is 2.32. The van der Waals surface area contributed by atoms with Gasteiger partial charge in [0.1, 0.15) is 0 Å². The highest BCUT2D eigenvalue weighted by Gasteiger charge is 2.20. The molecule has 0 saturated carbocycles. The van der Waals surface area contributed by atoms with Crippen molar-refractivity contribution in [1.29, 1.82) is 0 Å². The van der Waals surface area contributed by atoms with E-state index >= 15 is 0 Å². The third-order valence-electron chi connectivity index (χ3n) is 1.54. The van der Waals surface area contributed by atoms with E-state index in [4.69, 9.17) is 4.74 Å². The topological polar surface area (TPSA) is 26.3 Å². The van der Waals surface area contributed by atoms with Crippen LogP contribution >= 0.6 is 0 Å². The summed E-state index contributed by atoms with van der Waals surface area (Å²) >= 11 is 0. The monoisotopic (exact) mass is 148 g/mol. The van der Waals surface area contributed by atoms with Crippen molar-refractivity contribution in [2.24, 2.45) is 0 Å². The molecule has 0 spiro atoms. The van der Waals surface area contributed by atoms with Crippen LogP contribution in [0.3, 0.4) is 0 Å². The van der Waals surface area contributed by atoms with Crippen molar-refractivity contribution >= 4 is 10.8 Å². The number of ether oxygens (including phenoxy) is 1. The molecule has 1 aliphatic rings. The van der Waals surface area contributed by atoms with E-state index in [0.29, 0.717) is 11.9 Å². The van der Waals surface area contributed by atoms with E-state index in [1.165, 1.54) is 0 Å². The van der Waals surface area contributed by atoms with Gasteiger partial charge in [0.15, 0.2) is 0 Å². The van der Waals surface area contributed by atoms with E-state index in [1.54, 1.807) is 0 Å². The normalized spacial score (nSPS) is 30.6. The maximum atomic E-state index is 11.0. The summed E-state index contributed by atoms with van der Waals surface area (Å²) < 4.78 is 16.1. The Morgan fingerprint density at radius 1 is 1.78 bits per heavy atom. The summed E-state index contributed by atoms with van der Waals surface area (Å²) in [5, 5.41) is 0.329. The lowest BCUT2D eigenvalue weighted by molar-refractivity contribution is 0.199. The van der Waals surface area contributed by atoms with Gasteiger partial charge >= 0.3 is 0 Å². The van der Waals surface area contributed by atoms with Gasteiger partial charge in [0.05, 0.1) is 11.9 Å². The minimum absolute atomic E-state index is 0.329. The molecule has 54 valence electrons. The molecule has 2 nitrogen and oxygen atoms in total. The Bertz CT molecular complexity index is 108. The Morgan fingerprint density at radius 3 is 3.00 bits per heavy atom. The molecule has 1 aliphatic heterocycles. The smallest absolute Gasteiger partial charge is 0.0610 e. The van der Waals surface area contributed by atoms with Crippen molar-refractivity contribution < 1.29 is 8.95 Å². The molecule has 1 fully saturated rings. The molecule has 2 atom stereocenters. The van der Waals surface area contributed by atoms with E-state index in [0.717, 1.165) is 18.8 Å². The lowest BCUT2D eigenvalue weighted by Crippen LogP contribution is -2.15. The highest BCUT2D eigenvalue weighted by Crippen LogP contribution is 2.10. The SMILES string of the molecule is CCS(=O)C1CCOC1. The fourth-order valence-corrected chi connectivity index (χ4v) is 2.03. The highest BCUT2D eigenvalue weighted by molar-refractivity contribution is 7.85. The van der Waals surface area contributed by atoms with Crippen LogP contribution in [0, 0.1) is 0 Å².